The molecule has 0 aliphatic heterocycles. The number of aromatic nitrogens is 2. The van der Waals surface area contributed by atoms with E-state index in [0.29, 0.717) is 17.7 Å². The van der Waals surface area contributed by atoms with Gasteiger partial charge in [-0.3, -0.25) is 20.0 Å². The largest absolute Gasteiger partial charge is 3.00 e. The van der Waals surface area contributed by atoms with Crippen LogP contribution in [0.1, 0.15) is 24.5 Å². The van der Waals surface area contributed by atoms with Crippen LogP contribution < -0.4 is 10.2 Å². The normalized spacial score (nSPS) is 11.2. The van der Waals surface area contributed by atoms with Crippen molar-refractivity contribution in [2.75, 3.05) is 6.61 Å². The summed E-state index contributed by atoms with van der Waals surface area (Å²) in [7, 11) is -6.09. The topological polar surface area (TPSA) is 174 Å². The average molecular weight is 1010 g/mol. The summed E-state index contributed by atoms with van der Waals surface area (Å²) in [6.45, 7) is 2.25. The van der Waals surface area contributed by atoms with Crippen LogP contribution in [0.25, 0.3) is 21.8 Å². The molecule has 0 saturated heterocycles. The molecule has 1 radical (unpaired) electrons. The van der Waals surface area contributed by atoms with Crippen LogP contribution in [-0.4, -0.2) is 52.6 Å². The van der Waals surface area contributed by atoms with E-state index in [1.165, 1.54) is 0 Å². The second-order valence-corrected chi connectivity index (χ2v) is 14.1. The Bertz CT molecular complexity index is 2130. The van der Waals surface area contributed by atoms with Gasteiger partial charge in [0.1, 0.15) is 0 Å². The summed E-state index contributed by atoms with van der Waals surface area (Å²) in [4.78, 5) is 17.5. The first kappa shape index (κ1) is 45.4. The van der Waals surface area contributed by atoms with Crippen molar-refractivity contribution < 1.29 is 58.5 Å². The molecule has 2 aromatic heterocycles. The van der Waals surface area contributed by atoms with Gasteiger partial charge in [-0.2, -0.15) is 13.2 Å². The minimum absolute atomic E-state index is 0. The molecule has 17 heteroatoms. The zero-order valence-corrected chi connectivity index (χ0v) is 33.6. The first-order chi connectivity index (χ1) is 24.6. The second kappa shape index (κ2) is 21.8. The van der Waals surface area contributed by atoms with Crippen LogP contribution in [-0.2, 0) is 27.2 Å². The van der Waals surface area contributed by atoms with E-state index in [1.54, 1.807) is 49.1 Å². The Morgan fingerprint density at radius 3 is 1.43 bits per heavy atom. The fraction of sp³-hybridized carbons (Fsp3) is 0.111. The van der Waals surface area contributed by atoms with E-state index in [2.05, 4.69) is 65.1 Å². The van der Waals surface area contributed by atoms with Crippen LogP contribution in [0.15, 0.2) is 119 Å². The Balaban J connectivity index is 0.000000279. The molecule has 6 rings (SSSR count). The maximum Gasteiger partial charge on any atom is 3.00 e. The van der Waals surface area contributed by atoms with Crippen LogP contribution in [0.3, 0.4) is 0 Å². The average Bonchev–Trinajstić information content (AvgIpc) is 3.12. The van der Waals surface area contributed by atoms with Gasteiger partial charge in [0.25, 0.3) is 0 Å². The third-order valence-corrected chi connectivity index (χ3v) is 8.27. The number of rotatable bonds is 5. The smallest absolute Gasteiger partial charge is 0.872 e. The summed E-state index contributed by atoms with van der Waals surface area (Å²) in [5.41, 5.74) is -1.27. The van der Waals surface area contributed by atoms with Crippen LogP contribution in [0.4, 0.5) is 24.5 Å². The van der Waals surface area contributed by atoms with Crippen LogP contribution in [0.5, 0.6) is 11.5 Å². The molecule has 10 nitrogen and oxygen atoms in total. The maximum atomic E-state index is 11.7. The summed E-state index contributed by atoms with van der Waals surface area (Å²) in [5, 5.41) is 33.4. The van der Waals surface area contributed by atoms with E-state index < -0.39 is 15.6 Å². The predicted molar refractivity (Wildman–Crippen MR) is 208 cm³/mol. The SMILES string of the molecule is CCCO.O=S(=O)([O-])C(F)(F)F.[Fe+3].[O-]c1ccc(I)cc1C=Nc1cccc2cccnc12.[O-]c1ccc(I)cc1C=Nc1cccc2cccnc12. The monoisotopic (exact) mass is 1010 g/mol. The number of benzene rings is 4. The Morgan fingerprint density at radius 2 is 1.09 bits per heavy atom. The molecular formula is C36H28F3FeI2N4O6S. The first-order valence-corrected chi connectivity index (χ1v) is 18.5. The molecule has 0 aliphatic carbocycles. The van der Waals surface area contributed by atoms with Crippen molar-refractivity contribution in [3.63, 3.8) is 0 Å². The van der Waals surface area contributed by atoms with Gasteiger partial charge in [0.05, 0.1) is 22.4 Å². The minimum atomic E-state index is -6.09. The number of aliphatic hydroxyl groups excluding tert-OH is 1. The maximum absolute atomic E-state index is 11.7. The van der Waals surface area contributed by atoms with Gasteiger partial charge in [-0.15, -0.1) is 0 Å². The van der Waals surface area contributed by atoms with Crippen molar-refractivity contribution in [1.82, 2.24) is 9.97 Å². The third-order valence-electron chi connectivity index (χ3n) is 6.36. The quantitative estimate of drug-likeness (QED) is 0.0600. The second-order valence-electron chi connectivity index (χ2n) is 10.2. The van der Waals surface area contributed by atoms with Gasteiger partial charge in [0, 0.05) is 49.3 Å². The van der Waals surface area contributed by atoms with Gasteiger partial charge in [0.2, 0.25) is 0 Å². The molecule has 4 aromatic carbocycles. The molecule has 0 bridgehead atoms. The molecule has 0 spiro atoms. The Labute approximate surface area is 341 Å². The number of pyridine rings is 2. The van der Waals surface area contributed by atoms with Crippen LogP contribution in [0.2, 0.25) is 0 Å². The van der Waals surface area contributed by atoms with Gasteiger partial charge in [0.15, 0.2) is 10.1 Å². The minimum Gasteiger partial charge on any atom is -0.872 e. The van der Waals surface area contributed by atoms with E-state index in [-0.39, 0.29) is 28.6 Å². The predicted octanol–water partition coefficient (Wildman–Crippen LogP) is 7.76. The van der Waals surface area contributed by atoms with Crippen molar-refractivity contribution in [1.29, 1.82) is 0 Å². The van der Waals surface area contributed by atoms with E-state index in [1.807, 2.05) is 79.7 Å². The van der Waals surface area contributed by atoms with E-state index in [9.17, 15) is 23.4 Å². The molecule has 0 atom stereocenters. The number of alkyl halides is 3. The first-order valence-electron chi connectivity index (χ1n) is 15.0. The van der Waals surface area contributed by atoms with Crippen LogP contribution >= 0.6 is 45.2 Å². The van der Waals surface area contributed by atoms with Gasteiger partial charge < -0.3 is 19.9 Å². The molecule has 0 saturated carbocycles. The molecule has 0 unspecified atom stereocenters. The molecule has 0 fully saturated rings. The number of halogens is 5. The van der Waals surface area contributed by atoms with Crippen molar-refractivity contribution in [2.24, 2.45) is 9.98 Å². The summed E-state index contributed by atoms with van der Waals surface area (Å²) in [6.07, 6.45) is 7.57. The number of aliphatic imine (C=N–C) groups is 2. The van der Waals surface area contributed by atoms with Crippen molar-refractivity contribution in [3.05, 3.63) is 128 Å². The Morgan fingerprint density at radius 1 is 0.736 bits per heavy atom. The Kier molecular flexibility index (Phi) is 18.7. The van der Waals surface area contributed by atoms with E-state index in [0.717, 1.165) is 46.7 Å². The molecule has 0 amide bonds. The fourth-order valence-electron chi connectivity index (χ4n) is 3.90. The number of nitrogens with zero attached hydrogens (tertiary/aromatic N) is 4. The fourth-order valence-corrected chi connectivity index (χ4v) is 4.93. The van der Waals surface area contributed by atoms with Gasteiger partial charge in [-0.1, -0.05) is 67.0 Å². The van der Waals surface area contributed by atoms with Gasteiger partial charge in [-0.05, 0) is 111 Å². The molecule has 2 heterocycles. The number of hydrogen-bond donors (Lipinski definition) is 1. The summed E-state index contributed by atoms with van der Waals surface area (Å²) in [6, 6.07) is 29.8. The number of aliphatic hydroxyl groups is 1. The molecule has 6 aromatic rings. The van der Waals surface area contributed by atoms with Gasteiger partial charge >= 0.3 is 22.6 Å². The summed E-state index contributed by atoms with van der Waals surface area (Å²) >= 11 is 4.36. The third kappa shape index (κ3) is 14.6. The van der Waals surface area contributed by atoms with Crippen molar-refractivity contribution in [3.8, 4) is 11.5 Å². The van der Waals surface area contributed by atoms with Crippen LogP contribution in [0, 0.1) is 7.14 Å². The summed E-state index contributed by atoms with van der Waals surface area (Å²) < 4.78 is 60.9. The number of hydrogen-bond acceptors (Lipinski definition) is 10. The molecular weight excluding hydrogens is 983 g/mol. The Hall–Kier alpha value is -3.72. The molecule has 0 aliphatic rings. The zero-order valence-electron chi connectivity index (χ0n) is 27.4. The van der Waals surface area contributed by atoms with E-state index >= 15 is 0 Å². The van der Waals surface area contributed by atoms with E-state index in [4.69, 9.17) is 18.1 Å². The zero-order chi connectivity index (χ0) is 38.3. The molecule has 277 valence electrons. The van der Waals surface area contributed by atoms with Crippen molar-refractivity contribution >= 4 is 101 Å². The molecule has 1 N–H and O–H groups in total. The molecule has 53 heavy (non-hydrogen) atoms. The number of fused-ring (bicyclic) bond motifs is 2. The summed E-state index contributed by atoms with van der Waals surface area (Å²) in [5.74, 6) is -0.0512. The van der Waals surface area contributed by atoms with Gasteiger partial charge in [-0.25, -0.2) is 8.42 Å². The number of para-hydroxylation sites is 2. The standard InChI is InChI=1S/2C16H11IN2O.C3H8O.CHF3O3S.Fe/c2*17-13-6-7-15(20)12(9-13)10-19-14-5-1-3-11-4-2-8-18-16(11)14;1-2-3-4;2-1(3,4)8(5,6)7;/h2*1-10,20H;4H,2-3H2,1H3;(H,5,6,7);/q;;;;+3/p-3. The van der Waals surface area contributed by atoms with Crippen molar-refractivity contribution in [2.45, 2.75) is 18.9 Å².